The highest BCUT2D eigenvalue weighted by atomic mass is 32.2. The van der Waals surface area contributed by atoms with Crippen LogP contribution in [0.1, 0.15) is 27.9 Å². The summed E-state index contributed by atoms with van der Waals surface area (Å²) in [6.45, 7) is -0.106. The van der Waals surface area contributed by atoms with Crippen molar-refractivity contribution in [1.82, 2.24) is 0 Å². The molecule has 9 heteroatoms. The first kappa shape index (κ1) is 20.4. The molecule has 2 aromatic rings. The van der Waals surface area contributed by atoms with Crippen LogP contribution in [-0.4, -0.2) is 39.7 Å². The Morgan fingerprint density at radius 2 is 2.00 bits per heavy atom. The third kappa shape index (κ3) is 4.73. The van der Waals surface area contributed by atoms with Crippen LogP contribution in [0, 0.1) is 11.3 Å². The van der Waals surface area contributed by atoms with E-state index in [4.69, 9.17) is 10.00 Å². The van der Waals surface area contributed by atoms with Crippen LogP contribution in [0.2, 0.25) is 0 Å². The molecule has 1 amide bonds. The fraction of sp³-hybridized carbons (Fsp3) is 0.250. The molecule has 8 nitrogen and oxygen atoms in total. The number of hydrogen-bond acceptors (Lipinski definition) is 6. The number of nitrogens with one attached hydrogen (secondary N) is 1. The zero-order valence-electron chi connectivity index (χ0n) is 15.7. The van der Waals surface area contributed by atoms with E-state index in [9.17, 15) is 18.0 Å². The summed E-state index contributed by atoms with van der Waals surface area (Å²) in [6.07, 6.45) is 2.44. The molecule has 0 bridgehead atoms. The van der Waals surface area contributed by atoms with Gasteiger partial charge in [0.25, 0.3) is 5.91 Å². The molecule has 0 aliphatic carbocycles. The number of carbonyl (C=O) groups is 2. The first-order valence-electron chi connectivity index (χ1n) is 8.86. The van der Waals surface area contributed by atoms with E-state index in [1.165, 1.54) is 10.4 Å². The summed E-state index contributed by atoms with van der Waals surface area (Å²) in [4.78, 5) is 24.3. The van der Waals surface area contributed by atoms with E-state index in [1.807, 2.05) is 6.07 Å². The Balaban J connectivity index is 1.66. The van der Waals surface area contributed by atoms with E-state index in [2.05, 4.69) is 5.32 Å². The molecule has 1 heterocycles. The Bertz CT molecular complexity index is 1110. The van der Waals surface area contributed by atoms with Crippen molar-refractivity contribution < 1.29 is 22.7 Å². The highest BCUT2D eigenvalue weighted by Crippen LogP contribution is 2.30. The molecular weight excluding hydrogens is 394 g/mol. The number of nitriles is 1. The lowest BCUT2D eigenvalue weighted by atomic mass is 10.0. The van der Waals surface area contributed by atoms with Gasteiger partial charge in [0.15, 0.2) is 6.61 Å². The number of rotatable bonds is 5. The monoisotopic (exact) mass is 413 g/mol. The number of esters is 1. The molecule has 0 radical (unpaired) electrons. The third-order valence-electron chi connectivity index (χ3n) is 4.45. The van der Waals surface area contributed by atoms with Crippen LogP contribution < -0.4 is 9.62 Å². The molecule has 0 spiro atoms. The second kappa shape index (κ2) is 8.32. The number of hydrogen-bond donors (Lipinski definition) is 1. The maximum Gasteiger partial charge on any atom is 0.338 e. The Labute approximate surface area is 168 Å². The number of fused-ring (bicyclic) bond motifs is 1. The van der Waals surface area contributed by atoms with Crippen molar-refractivity contribution in [2.45, 2.75) is 12.8 Å². The Morgan fingerprint density at radius 1 is 1.24 bits per heavy atom. The largest absolute Gasteiger partial charge is 0.452 e. The predicted octanol–water partition coefficient (Wildman–Crippen LogP) is 2.07. The molecule has 0 fully saturated rings. The smallest absolute Gasteiger partial charge is 0.338 e. The Kier molecular flexibility index (Phi) is 5.84. The molecule has 0 saturated heterocycles. The molecule has 3 rings (SSSR count). The van der Waals surface area contributed by atoms with Gasteiger partial charge >= 0.3 is 5.97 Å². The van der Waals surface area contributed by atoms with Crippen LogP contribution in [0.15, 0.2) is 42.5 Å². The average molecular weight is 413 g/mol. The number of carbonyl (C=O) groups excluding carboxylic acids is 2. The van der Waals surface area contributed by atoms with Gasteiger partial charge in [-0.2, -0.15) is 5.26 Å². The second-order valence-electron chi connectivity index (χ2n) is 6.56. The van der Waals surface area contributed by atoms with Crippen molar-refractivity contribution in [2.24, 2.45) is 0 Å². The lowest BCUT2D eigenvalue weighted by molar-refractivity contribution is -0.119. The number of para-hydroxylation sites is 1. The second-order valence-corrected chi connectivity index (χ2v) is 8.47. The van der Waals surface area contributed by atoms with Gasteiger partial charge in [0, 0.05) is 6.54 Å². The summed E-state index contributed by atoms with van der Waals surface area (Å²) in [5.41, 5.74) is 2.18. The Hall–Kier alpha value is -3.38. The molecule has 0 unspecified atom stereocenters. The topological polar surface area (TPSA) is 117 Å². The van der Waals surface area contributed by atoms with Gasteiger partial charge in [-0.3, -0.25) is 9.10 Å². The molecule has 1 N–H and O–H groups in total. The van der Waals surface area contributed by atoms with Gasteiger partial charge in [0.1, 0.15) is 6.07 Å². The fourth-order valence-corrected chi connectivity index (χ4v) is 4.12. The zero-order chi connectivity index (χ0) is 21.0. The molecule has 1 aliphatic heterocycles. The lowest BCUT2D eigenvalue weighted by Crippen LogP contribution is -2.34. The van der Waals surface area contributed by atoms with E-state index >= 15 is 0 Å². The highest BCUT2D eigenvalue weighted by Gasteiger charge is 2.25. The molecule has 0 aromatic heterocycles. The highest BCUT2D eigenvalue weighted by molar-refractivity contribution is 7.92. The van der Waals surface area contributed by atoms with Crippen molar-refractivity contribution >= 4 is 33.3 Å². The number of anilines is 2. The van der Waals surface area contributed by atoms with Crippen LogP contribution in [0.25, 0.3) is 0 Å². The van der Waals surface area contributed by atoms with E-state index in [0.29, 0.717) is 36.3 Å². The summed E-state index contributed by atoms with van der Waals surface area (Å²) in [5.74, 6) is -1.25. The number of nitrogens with zero attached hydrogens (tertiary/aromatic N) is 2. The maximum atomic E-state index is 12.3. The molecular formula is C20H19N3O5S. The van der Waals surface area contributed by atoms with Gasteiger partial charge < -0.3 is 10.1 Å². The lowest BCUT2D eigenvalue weighted by Gasteiger charge is -2.29. The molecule has 2 aromatic carbocycles. The SMILES string of the molecule is CS(=O)(=O)N1CCCc2cc(C(=O)OCC(=O)Nc3ccccc3C#N)ccc21. The van der Waals surface area contributed by atoms with Crippen LogP contribution >= 0.6 is 0 Å². The van der Waals surface area contributed by atoms with Crippen molar-refractivity contribution in [3.8, 4) is 6.07 Å². The quantitative estimate of drug-likeness (QED) is 0.750. The van der Waals surface area contributed by atoms with Gasteiger partial charge in [0.05, 0.1) is 28.8 Å². The van der Waals surface area contributed by atoms with Gasteiger partial charge in [-0.15, -0.1) is 0 Å². The molecule has 0 atom stereocenters. The number of ether oxygens (including phenoxy) is 1. The van der Waals surface area contributed by atoms with Crippen molar-refractivity contribution in [3.63, 3.8) is 0 Å². The van der Waals surface area contributed by atoms with Crippen molar-refractivity contribution in [3.05, 3.63) is 59.2 Å². The van der Waals surface area contributed by atoms with Crippen LogP contribution in [0.4, 0.5) is 11.4 Å². The van der Waals surface area contributed by atoms with Crippen LogP contribution in [-0.2, 0) is 26.0 Å². The summed E-state index contributed by atoms with van der Waals surface area (Å²) in [6, 6.07) is 13.1. The average Bonchev–Trinajstić information content (AvgIpc) is 2.70. The first-order chi connectivity index (χ1) is 13.8. The van der Waals surface area contributed by atoms with Crippen LogP contribution in [0.3, 0.4) is 0 Å². The normalized spacial score (nSPS) is 13.2. The molecule has 0 saturated carbocycles. The molecule has 1 aliphatic rings. The van der Waals surface area contributed by atoms with E-state index in [0.717, 1.165) is 11.8 Å². The minimum Gasteiger partial charge on any atom is -0.452 e. The van der Waals surface area contributed by atoms with Crippen molar-refractivity contribution in [2.75, 3.05) is 29.0 Å². The summed E-state index contributed by atoms with van der Waals surface area (Å²) < 4.78 is 30.2. The van der Waals surface area contributed by atoms with Crippen molar-refractivity contribution in [1.29, 1.82) is 5.26 Å². The molecule has 150 valence electrons. The van der Waals surface area contributed by atoms with E-state index in [1.54, 1.807) is 36.4 Å². The number of sulfonamides is 1. The zero-order valence-corrected chi connectivity index (χ0v) is 16.5. The number of benzene rings is 2. The number of aryl methyl sites for hydroxylation is 1. The summed E-state index contributed by atoms with van der Waals surface area (Å²) in [7, 11) is -3.39. The van der Waals surface area contributed by atoms with E-state index < -0.39 is 28.5 Å². The maximum absolute atomic E-state index is 12.3. The Morgan fingerprint density at radius 3 is 2.72 bits per heavy atom. The number of amides is 1. The molecule has 29 heavy (non-hydrogen) atoms. The third-order valence-corrected chi connectivity index (χ3v) is 5.63. The predicted molar refractivity (Wildman–Crippen MR) is 107 cm³/mol. The van der Waals surface area contributed by atoms with Gasteiger partial charge in [0.2, 0.25) is 10.0 Å². The van der Waals surface area contributed by atoms with E-state index in [-0.39, 0.29) is 5.56 Å². The minimum atomic E-state index is -3.39. The van der Waals surface area contributed by atoms with Gasteiger partial charge in [-0.25, -0.2) is 13.2 Å². The standard InChI is InChI=1S/C20H19N3O5S/c1-29(26,27)23-10-4-6-14-11-15(8-9-18(14)23)20(25)28-13-19(24)22-17-7-3-2-5-16(17)12-21/h2-3,5,7-9,11H,4,6,10,13H2,1H3,(H,22,24). The van der Waals surface area contributed by atoms with Gasteiger partial charge in [-0.05, 0) is 48.7 Å². The summed E-state index contributed by atoms with van der Waals surface area (Å²) in [5, 5.41) is 11.6. The van der Waals surface area contributed by atoms with Crippen LogP contribution in [0.5, 0.6) is 0 Å². The first-order valence-corrected chi connectivity index (χ1v) is 10.7. The minimum absolute atomic E-state index is 0.240. The summed E-state index contributed by atoms with van der Waals surface area (Å²) >= 11 is 0. The fourth-order valence-electron chi connectivity index (χ4n) is 3.12. The van der Waals surface area contributed by atoms with Gasteiger partial charge in [-0.1, -0.05) is 12.1 Å².